The van der Waals surface area contributed by atoms with Crippen LogP contribution in [0.4, 0.5) is 0 Å². The molecule has 4 unspecified atom stereocenters. The maximum atomic E-state index is 5.49. The van der Waals surface area contributed by atoms with Gasteiger partial charge in [0.05, 0.1) is 11.1 Å². The summed E-state index contributed by atoms with van der Waals surface area (Å²) < 4.78 is 4.81. The van der Waals surface area contributed by atoms with E-state index >= 15 is 0 Å². The number of rotatable bonds is 1. The third-order valence-electron chi connectivity index (χ3n) is 11.5. The highest BCUT2D eigenvalue weighted by molar-refractivity contribution is 5.73. The van der Waals surface area contributed by atoms with Crippen LogP contribution < -0.4 is 0 Å². The lowest BCUT2D eigenvalue weighted by molar-refractivity contribution is 0.204. The Balaban J connectivity index is 1.70. The zero-order chi connectivity index (χ0) is 25.0. The summed E-state index contributed by atoms with van der Waals surface area (Å²) in [5, 5.41) is 11.0. The van der Waals surface area contributed by atoms with E-state index in [1.807, 2.05) is 0 Å². The predicted molar refractivity (Wildman–Crippen MR) is 140 cm³/mol. The molecule has 0 aromatic carbocycles. The molecule has 4 aliphatic carbocycles. The molecule has 0 spiro atoms. The van der Waals surface area contributed by atoms with Gasteiger partial charge in [0.2, 0.25) is 0 Å². The highest BCUT2D eigenvalue weighted by atomic mass is 15.4. The van der Waals surface area contributed by atoms with E-state index in [1.54, 1.807) is 0 Å². The molecular formula is C30H46N4. The Kier molecular flexibility index (Phi) is 3.94. The highest BCUT2D eigenvalue weighted by Crippen LogP contribution is 2.72. The van der Waals surface area contributed by atoms with Crippen molar-refractivity contribution in [3.05, 3.63) is 22.5 Å². The van der Waals surface area contributed by atoms with E-state index in [-0.39, 0.29) is 32.7 Å². The van der Waals surface area contributed by atoms with Crippen LogP contribution in [0.2, 0.25) is 0 Å². The van der Waals surface area contributed by atoms with Gasteiger partial charge in [-0.05, 0) is 89.9 Å². The van der Waals surface area contributed by atoms with E-state index in [1.165, 1.54) is 59.6 Å². The van der Waals surface area contributed by atoms with Crippen molar-refractivity contribution in [2.24, 2.45) is 10.8 Å². The lowest BCUT2D eigenvalue weighted by Gasteiger charge is -2.38. The Morgan fingerprint density at radius 2 is 0.941 bits per heavy atom. The monoisotopic (exact) mass is 462 g/mol. The predicted octanol–water partition coefficient (Wildman–Crippen LogP) is 7.61. The topological polar surface area (TPSA) is 35.6 Å². The van der Waals surface area contributed by atoms with E-state index in [0.29, 0.717) is 11.8 Å². The first-order chi connectivity index (χ1) is 15.4. The third kappa shape index (κ3) is 2.24. The van der Waals surface area contributed by atoms with Gasteiger partial charge in [-0.2, -0.15) is 10.2 Å². The van der Waals surface area contributed by atoms with Crippen molar-refractivity contribution < 1.29 is 0 Å². The van der Waals surface area contributed by atoms with Crippen molar-refractivity contribution in [2.45, 2.75) is 143 Å². The summed E-state index contributed by atoms with van der Waals surface area (Å²) in [6, 6.07) is 0. The molecule has 0 aliphatic heterocycles. The van der Waals surface area contributed by atoms with E-state index in [4.69, 9.17) is 10.2 Å². The standard InChI is InChI=1S/C30H46N4/c1-25(2,3)33-23-19(17-13-15-29(23,11)27(17,7)8)21(31-33)22-20-18-14-16-30(12,28(18,9)10)24(20)34(32-22)26(4,5)6/h17-18H,13-16H2,1-12H3. The number of hydrogen-bond acceptors (Lipinski definition) is 2. The lowest BCUT2D eigenvalue weighted by Crippen LogP contribution is -2.37. The molecule has 4 heteroatoms. The summed E-state index contributed by atoms with van der Waals surface area (Å²) in [7, 11) is 0. The molecule has 2 saturated carbocycles. The average molecular weight is 463 g/mol. The van der Waals surface area contributed by atoms with E-state index in [2.05, 4.69) is 92.4 Å². The molecule has 186 valence electrons. The summed E-state index contributed by atoms with van der Waals surface area (Å²) in [5.41, 5.74) is 9.23. The second-order valence-electron chi connectivity index (χ2n) is 15.7. The fourth-order valence-electron chi connectivity index (χ4n) is 8.76. The van der Waals surface area contributed by atoms with E-state index < -0.39 is 0 Å². The van der Waals surface area contributed by atoms with Gasteiger partial charge in [-0.3, -0.25) is 9.36 Å². The number of fused-ring (bicyclic) bond motifs is 10. The van der Waals surface area contributed by atoms with Gasteiger partial charge in [0.1, 0.15) is 11.4 Å². The minimum Gasteiger partial charge on any atom is -0.263 e. The Labute approximate surface area is 206 Å². The van der Waals surface area contributed by atoms with Gasteiger partial charge in [0.25, 0.3) is 0 Å². The molecule has 0 N–H and O–H groups in total. The van der Waals surface area contributed by atoms with Crippen LogP contribution in [-0.2, 0) is 21.9 Å². The maximum absolute atomic E-state index is 5.49. The Morgan fingerprint density at radius 1 is 0.618 bits per heavy atom. The molecule has 0 amide bonds. The number of hydrogen-bond donors (Lipinski definition) is 0. The normalized spacial score (nSPS) is 34.7. The van der Waals surface area contributed by atoms with Gasteiger partial charge < -0.3 is 0 Å². The van der Waals surface area contributed by atoms with Crippen LogP contribution in [-0.4, -0.2) is 19.6 Å². The van der Waals surface area contributed by atoms with E-state index in [0.717, 1.165) is 0 Å². The maximum Gasteiger partial charge on any atom is 0.117 e. The number of aromatic nitrogens is 4. The first kappa shape index (κ1) is 22.9. The van der Waals surface area contributed by atoms with Crippen molar-refractivity contribution in [3.63, 3.8) is 0 Å². The molecule has 2 aromatic rings. The van der Waals surface area contributed by atoms with Crippen LogP contribution in [0.25, 0.3) is 11.4 Å². The first-order valence-corrected chi connectivity index (χ1v) is 13.7. The van der Waals surface area contributed by atoms with Gasteiger partial charge in [-0.1, -0.05) is 41.5 Å². The Bertz CT molecular complexity index is 1130. The Morgan fingerprint density at radius 3 is 1.24 bits per heavy atom. The zero-order valence-corrected chi connectivity index (χ0v) is 23.8. The summed E-state index contributed by atoms with van der Waals surface area (Å²) in [5.74, 6) is 1.13. The molecule has 34 heavy (non-hydrogen) atoms. The van der Waals surface area contributed by atoms with Gasteiger partial charge in [0, 0.05) is 33.3 Å². The minimum absolute atomic E-state index is 0.0497. The highest BCUT2D eigenvalue weighted by Gasteiger charge is 2.65. The number of nitrogens with zero attached hydrogens (tertiary/aromatic N) is 4. The molecular weight excluding hydrogens is 416 g/mol. The van der Waals surface area contributed by atoms with Crippen LogP contribution in [0.3, 0.4) is 0 Å². The zero-order valence-electron chi connectivity index (χ0n) is 23.8. The van der Waals surface area contributed by atoms with Gasteiger partial charge in [-0.15, -0.1) is 0 Å². The van der Waals surface area contributed by atoms with Crippen molar-refractivity contribution in [1.82, 2.24) is 19.6 Å². The Hall–Kier alpha value is -1.58. The molecule has 2 heterocycles. The van der Waals surface area contributed by atoms with Crippen molar-refractivity contribution in [2.75, 3.05) is 0 Å². The largest absolute Gasteiger partial charge is 0.263 e. The molecule has 4 atom stereocenters. The van der Waals surface area contributed by atoms with Crippen molar-refractivity contribution in [3.8, 4) is 11.4 Å². The smallest absolute Gasteiger partial charge is 0.117 e. The second-order valence-corrected chi connectivity index (χ2v) is 15.7. The fourth-order valence-corrected chi connectivity index (χ4v) is 8.76. The molecule has 4 nitrogen and oxygen atoms in total. The van der Waals surface area contributed by atoms with Crippen molar-refractivity contribution >= 4 is 0 Å². The minimum atomic E-state index is -0.0497. The van der Waals surface area contributed by atoms with Crippen LogP contribution in [0.15, 0.2) is 0 Å². The molecule has 4 bridgehead atoms. The molecule has 0 radical (unpaired) electrons. The summed E-state index contributed by atoms with van der Waals surface area (Å²) in [4.78, 5) is 0. The SMILES string of the molecule is CC(C)(C)n1nc(-c2nn(C(C)(C)C)c3c2C2CCC3(C)C2(C)C)c2c1C1(C)CCC2C1(C)C. The van der Waals surface area contributed by atoms with Crippen LogP contribution in [0.5, 0.6) is 0 Å². The van der Waals surface area contributed by atoms with E-state index in [9.17, 15) is 0 Å². The average Bonchev–Trinajstić information content (AvgIpc) is 3.42. The van der Waals surface area contributed by atoms with Gasteiger partial charge in [0.15, 0.2) is 0 Å². The summed E-state index contributed by atoms with van der Waals surface area (Å²) in [6.45, 7) is 28.9. The summed E-state index contributed by atoms with van der Waals surface area (Å²) in [6.07, 6.45) is 5.07. The van der Waals surface area contributed by atoms with Crippen LogP contribution >= 0.6 is 0 Å². The first-order valence-electron chi connectivity index (χ1n) is 13.7. The molecule has 4 aliphatic rings. The van der Waals surface area contributed by atoms with Crippen molar-refractivity contribution in [1.29, 1.82) is 0 Å². The molecule has 0 saturated heterocycles. The summed E-state index contributed by atoms with van der Waals surface area (Å²) >= 11 is 0. The third-order valence-corrected chi connectivity index (χ3v) is 11.5. The van der Waals surface area contributed by atoms with Gasteiger partial charge in [-0.25, -0.2) is 0 Å². The van der Waals surface area contributed by atoms with Gasteiger partial charge >= 0.3 is 0 Å². The molecule has 2 aromatic heterocycles. The lowest BCUT2D eigenvalue weighted by atomic mass is 9.69. The second kappa shape index (κ2) is 5.86. The quantitative estimate of drug-likeness (QED) is 0.437. The molecule has 2 fully saturated rings. The van der Waals surface area contributed by atoms with Crippen LogP contribution in [0, 0.1) is 10.8 Å². The fraction of sp³-hybridized carbons (Fsp3) is 0.800. The molecule has 6 rings (SSSR count). The van der Waals surface area contributed by atoms with Crippen LogP contribution in [0.1, 0.15) is 143 Å².